The van der Waals surface area contributed by atoms with E-state index in [0.717, 1.165) is 5.00 Å². The van der Waals surface area contributed by atoms with Crippen LogP contribution in [0.25, 0.3) is 0 Å². The first-order chi connectivity index (χ1) is 7.74. The Balaban J connectivity index is 1.97. The van der Waals surface area contributed by atoms with Gasteiger partial charge in [0.15, 0.2) is 0 Å². The van der Waals surface area contributed by atoms with Crippen molar-refractivity contribution in [2.45, 2.75) is 0 Å². The highest BCUT2D eigenvalue weighted by atomic mass is 35.5. The first-order valence-corrected chi connectivity index (χ1v) is 5.73. The zero-order valence-corrected chi connectivity index (χ0v) is 9.68. The first-order valence-electron chi connectivity index (χ1n) is 4.47. The second-order valence-corrected chi connectivity index (χ2v) is 4.30. The van der Waals surface area contributed by atoms with Crippen molar-refractivity contribution in [3.63, 3.8) is 0 Å². The third-order valence-electron chi connectivity index (χ3n) is 1.72. The van der Waals surface area contributed by atoms with Crippen molar-refractivity contribution in [1.82, 2.24) is 4.98 Å². The van der Waals surface area contributed by atoms with Gasteiger partial charge in [-0.2, -0.15) is 0 Å². The summed E-state index contributed by atoms with van der Waals surface area (Å²) in [6, 6.07) is 6.56. The van der Waals surface area contributed by atoms with Crippen LogP contribution in [0.2, 0.25) is 5.02 Å². The van der Waals surface area contributed by atoms with Gasteiger partial charge in [0.2, 0.25) is 0 Å². The zero-order chi connectivity index (χ0) is 11.4. The second-order valence-electron chi connectivity index (χ2n) is 2.92. The Bertz CT molecular complexity index is 487. The van der Waals surface area contributed by atoms with Crippen LogP contribution in [-0.2, 0) is 0 Å². The Morgan fingerprint density at radius 1 is 1.38 bits per heavy atom. The highest BCUT2D eigenvalue weighted by Crippen LogP contribution is 2.16. The summed E-state index contributed by atoms with van der Waals surface area (Å²) in [5.74, 6) is 0.418. The molecule has 2 N–H and O–H groups in total. The van der Waals surface area contributed by atoms with E-state index >= 15 is 0 Å². The number of nitrogens with zero attached hydrogens (tertiary/aromatic N) is 1. The molecule has 0 fully saturated rings. The summed E-state index contributed by atoms with van der Waals surface area (Å²) in [6.07, 6.45) is 1.53. The average molecular weight is 254 g/mol. The van der Waals surface area contributed by atoms with E-state index in [4.69, 9.17) is 11.6 Å². The van der Waals surface area contributed by atoms with Gasteiger partial charge < -0.3 is 0 Å². The minimum Gasteiger partial charge on any atom is -0.299 e. The Morgan fingerprint density at radius 3 is 2.94 bits per heavy atom. The van der Waals surface area contributed by atoms with Crippen molar-refractivity contribution >= 4 is 39.8 Å². The van der Waals surface area contributed by atoms with Crippen LogP contribution in [0.1, 0.15) is 0 Å². The molecule has 0 radical (unpaired) electrons. The predicted octanol–water partition coefficient (Wildman–Crippen LogP) is 3.44. The lowest BCUT2D eigenvalue weighted by molar-refractivity contribution is 0.262. The van der Waals surface area contributed by atoms with E-state index in [-0.39, 0.29) is 6.03 Å². The number of rotatable bonds is 2. The molecule has 6 heteroatoms. The standard InChI is InChI=1S/C10H8ClN3OS/c11-7-3-4-12-8(6-7)13-10(15)14-9-2-1-5-16-9/h1-6H,(H2,12,13,14,15). The quantitative estimate of drug-likeness (QED) is 0.861. The number of anilines is 2. The number of amides is 2. The van der Waals surface area contributed by atoms with Crippen LogP contribution in [-0.4, -0.2) is 11.0 Å². The second kappa shape index (κ2) is 4.96. The molecule has 0 aliphatic rings. The Morgan fingerprint density at radius 2 is 2.25 bits per heavy atom. The minimum atomic E-state index is -0.336. The molecular formula is C10H8ClN3OS. The third-order valence-corrected chi connectivity index (χ3v) is 2.74. The Kier molecular flexibility index (Phi) is 3.38. The maximum absolute atomic E-state index is 11.5. The number of urea groups is 1. The van der Waals surface area contributed by atoms with Gasteiger partial charge in [-0.1, -0.05) is 11.6 Å². The molecule has 82 valence electrons. The number of carbonyl (C=O) groups is 1. The van der Waals surface area contributed by atoms with Gasteiger partial charge in [-0.15, -0.1) is 11.3 Å². The van der Waals surface area contributed by atoms with E-state index in [0.29, 0.717) is 10.8 Å². The van der Waals surface area contributed by atoms with Crippen LogP contribution in [0.4, 0.5) is 15.6 Å². The fourth-order valence-corrected chi connectivity index (χ4v) is 1.85. The highest BCUT2D eigenvalue weighted by molar-refractivity contribution is 7.14. The van der Waals surface area contributed by atoms with Gasteiger partial charge in [0.05, 0.1) is 5.00 Å². The molecule has 2 aromatic heterocycles. The first kappa shape index (κ1) is 10.9. The van der Waals surface area contributed by atoms with Crippen LogP contribution >= 0.6 is 22.9 Å². The highest BCUT2D eigenvalue weighted by Gasteiger charge is 2.03. The lowest BCUT2D eigenvalue weighted by atomic mass is 10.4. The van der Waals surface area contributed by atoms with E-state index in [1.165, 1.54) is 17.5 Å². The molecular weight excluding hydrogens is 246 g/mol. The molecule has 0 bridgehead atoms. The number of carbonyl (C=O) groups excluding carboxylic acids is 1. The average Bonchev–Trinajstić information content (AvgIpc) is 2.70. The van der Waals surface area contributed by atoms with Crippen LogP contribution in [0.5, 0.6) is 0 Å². The van der Waals surface area contributed by atoms with Crippen LogP contribution < -0.4 is 10.6 Å². The number of pyridine rings is 1. The summed E-state index contributed by atoms with van der Waals surface area (Å²) in [4.78, 5) is 15.4. The number of aromatic nitrogens is 1. The predicted molar refractivity (Wildman–Crippen MR) is 66.2 cm³/mol. The SMILES string of the molecule is O=C(Nc1cc(Cl)ccn1)Nc1cccs1. The minimum absolute atomic E-state index is 0.336. The van der Waals surface area contributed by atoms with Gasteiger partial charge in [0, 0.05) is 11.2 Å². The van der Waals surface area contributed by atoms with Crippen LogP contribution in [0.3, 0.4) is 0 Å². The summed E-state index contributed by atoms with van der Waals surface area (Å²) in [5, 5.41) is 8.45. The molecule has 2 amide bonds. The topological polar surface area (TPSA) is 54.0 Å². The zero-order valence-electron chi connectivity index (χ0n) is 8.11. The van der Waals surface area contributed by atoms with Crippen molar-refractivity contribution in [3.05, 3.63) is 40.9 Å². The molecule has 0 aliphatic heterocycles. The number of thiophene rings is 1. The number of halogens is 1. The monoisotopic (exact) mass is 253 g/mol. The maximum atomic E-state index is 11.5. The van der Waals surface area contributed by atoms with Gasteiger partial charge in [0.25, 0.3) is 0 Å². The number of hydrogen-bond acceptors (Lipinski definition) is 3. The molecule has 0 aliphatic carbocycles. The largest absolute Gasteiger partial charge is 0.325 e. The van der Waals surface area contributed by atoms with Crippen molar-refractivity contribution in [2.75, 3.05) is 10.6 Å². The van der Waals surface area contributed by atoms with Gasteiger partial charge in [0.1, 0.15) is 5.82 Å². The molecule has 0 spiro atoms. The van der Waals surface area contributed by atoms with Crippen LogP contribution in [0, 0.1) is 0 Å². The summed E-state index contributed by atoms with van der Waals surface area (Å²) in [5.41, 5.74) is 0. The normalized spacial score (nSPS) is 9.81. The van der Waals surface area contributed by atoms with E-state index in [1.807, 2.05) is 17.5 Å². The fourth-order valence-electron chi connectivity index (χ4n) is 1.08. The smallest absolute Gasteiger partial charge is 0.299 e. The molecule has 2 aromatic rings. The Labute approximate surface area is 101 Å². The van der Waals surface area contributed by atoms with Gasteiger partial charge in [-0.05, 0) is 29.6 Å². The van der Waals surface area contributed by atoms with E-state index in [1.54, 1.807) is 12.1 Å². The van der Waals surface area contributed by atoms with Gasteiger partial charge >= 0.3 is 6.03 Å². The van der Waals surface area contributed by atoms with E-state index in [9.17, 15) is 4.79 Å². The summed E-state index contributed by atoms with van der Waals surface area (Å²) in [6.45, 7) is 0. The van der Waals surface area contributed by atoms with Crippen molar-refractivity contribution < 1.29 is 4.79 Å². The molecule has 0 atom stereocenters. The molecule has 0 aromatic carbocycles. The van der Waals surface area contributed by atoms with E-state index < -0.39 is 0 Å². The lowest BCUT2D eigenvalue weighted by Gasteiger charge is -2.04. The number of nitrogens with one attached hydrogen (secondary N) is 2. The lowest BCUT2D eigenvalue weighted by Crippen LogP contribution is -2.19. The molecule has 16 heavy (non-hydrogen) atoms. The maximum Gasteiger partial charge on any atom is 0.325 e. The molecule has 0 saturated carbocycles. The van der Waals surface area contributed by atoms with E-state index in [2.05, 4.69) is 15.6 Å². The third kappa shape index (κ3) is 2.95. The fraction of sp³-hybridized carbons (Fsp3) is 0. The summed E-state index contributed by atoms with van der Waals surface area (Å²) in [7, 11) is 0. The molecule has 0 unspecified atom stereocenters. The summed E-state index contributed by atoms with van der Waals surface area (Å²) < 4.78 is 0. The van der Waals surface area contributed by atoms with Crippen molar-refractivity contribution in [2.24, 2.45) is 0 Å². The molecule has 0 saturated heterocycles. The molecule has 4 nitrogen and oxygen atoms in total. The van der Waals surface area contributed by atoms with Crippen molar-refractivity contribution in [1.29, 1.82) is 0 Å². The molecule has 2 rings (SSSR count). The van der Waals surface area contributed by atoms with Crippen molar-refractivity contribution in [3.8, 4) is 0 Å². The van der Waals surface area contributed by atoms with Gasteiger partial charge in [-0.3, -0.25) is 10.6 Å². The Hall–Kier alpha value is -1.59. The molecule has 2 heterocycles. The summed E-state index contributed by atoms with van der Waals surface area (Å²) >= 11 is 7.21. The van der Waals surface area contributed by atoms with Gasteiger partial charge in [-0.25, -0.2) is 9.78 Å². The van der Waals surface area contributed by atoms with Crippen LogP contribution in [0.15, 0.2) is 35.8 Å². The number of hydrogen-bond donors (Lipinski definition) is 2.